The monoisotopic (exact) mass is 434 g/mol. The van der Waals surface area contributed by atoms with E-state index in [1.54, 1.807) is 21.0 Å². The maximum absolute atomic E-state index is 13.1. The molecule has 1 aromatic heterocycles. The maximum Gasteiger partial charge on any atom is 0.355 e. The van der Waals surface area contributed by atoms with Crippen molar-refractivity contribution >= 4 is 11.9 Å². The van der Waals surface area contributed by atoms with Crippen molar-refractivity contribution in [3.8, 4) is 5.75 Å². The standard InChI is InChI=1S/C26H30N2O4/c1-5-32-26(30)24-18(2)23(19(3)28(24)17-20-11-7-6-8-12-20)25(29)27-16-15-21-13-9-10-14-22(21)31-4/h6-14H,5,15-17H2,1-4H3,(H,27,29). The smallest absolute Gasteiger partial charge is 0.355 e. The summed E-state index contributed by atoms with van der Waals surface area (Å²) in [5, 5.41) is 3.00. The summed E-state index contributed by atoms with van der Waals surface area (Å²) >= 11 is 0. The number of benzene rings is 2. The first kappa shape index (κ1) is 23.1. The fourth-order valence-corrected chi connectivity index (χ4v) is 3.96. The molecule has 1 heterocycles. The Morgan fingerprint density at radius 3 is 2.38 bits per heavy atom. The summed E-state index contributed by atoms with van der Waals surface area (Å²) in [6, 6.07) is 17.6. The highest BCUT2D eigenvalue weighted by Crippen LogP contribution is 2.25. The van der Waals surface area contributed by atoms with E-state index in [0.717, 1.165) is 22.6 Å². The molecule has 0 saturated heterocycles. The second-order valence-corrected chi connectivity index (χ2v) is 7.54. The van der Waals surface area contributed by atoms with Gasteiger partial charge in [-0.25, -0.2) is 4.79 Å². The molecular formula is C26H30N2O4. The largest absolute Gasteiger partial charge is 0.496 e. The van der Waals surface area contributed by atoms with Gasteiger partial charge >= 0.3 is 5.97 Å². The van der Waals surface area contributed by atoms with Crippen molar-refractivity contribution in [2.75, 3.05) is 20.3 Å². The predicted octanol–water partition coefficient (Wildman–Crippen LogP) is 4.31. The van der Waals surface area contributed by atoms with Crippen LogP contribution < -0.4 is 10.1 Å². The van der Waals surface area contributed by atoms with Crippen molar-refractivity contribution in [2.45, 2.75) is 33.7 Å². The lowest BCUT2D eigenvalue weighted by Crippen LogP contribution is -2.27. The zero-order chi connectivity index (χ0) is 23.1. The summed E-state index contributed by atoms with van der Waals surface area (Å²) in [6.07, 6.45) is 0.642. The highest BCUT2D eigenvalue weighted by atomic mass is 16.5. The molecule has 0 saturated carbocycles. The zero-order valence-electron chi connectivity index (χ0n) is 19.1. The van der Waals surface area contributed by atoms with E-state index in [9.17, 15) is 9.59 Å². The van der Waals surface area contributed by atoms with Crippen LogP contribution in [-0.2, 0) is 17.7 Å². The maximum atomic E-state index is 13.1. The average molecular weight is 435 g/mol. The van der Waals surface area contributed by atoms with Gasteiger partial charge in [0.2, 0.25) is 0 Å². The van der Waals surface area contributed by atoms with Crippen LogP contribution in [0.25, 0.3) is 0 Å². The SMILES string of the molecule is CCOC(=O)c1c(C)c(C(=O)NCCc2ccccc2OC)c(C)n1Cc1ccccc1. The van der Waals surface area contributed by atoms with Gasteiger partial charge in [0.25, 0.3) is 5.91 Å². The van der Waals surface area contributed by atoms with Crippen LogP contribution in [0.1, 0.15) is 50.2 Å². The Labute approximate surface area is 189 Å². The van der Waals surface area contributed by atoms with Gasteiger partial charge in [0.15, 0.2) is 0 Å². The van der Waals surface area contributed by atoms with E-state index >= 15 is 0 Å². The number of rotatable bonds is 9. The Morgan fingerprint density at radius 1 is 1.00 bits per heavy atom. The summed E-state index contributed by atoms with van der Waals surface area (Å²) in [4.78, 5) is 25.9. The van der Waals surface area contributed by atoms with E-state index < -0.39 is 5.97 Å². The molecule has 0 aliphatic carbocycles. The molecule has 0 spiro atoms. The molecule has 0 fully saturated rings. The fraction of sp³-hybridized carbons (Fsp3) is 0.308. The average Bonchev–Trinajstić information content (AvgIpc) is 3.04. The number of ether oxygens (including phenoxy) is 2. The molecule has 0 aliphatic rings. The fourth-order valence-electron chi connectivity index (χ4n) is 3.96. The Bertz CT molecular complexity index is 1090. The number of carbonyl (C=O) groups is 2. The number of para-hydroxylation sites is 1. The van der Waals surface area contributed by atoms with Gasteiger partial charge in [-0.3, -0.25) is 4.79 Å². The molecule has 6 nitrogen and oxygen atoms in total. The van der Waals surface area contributed by atoms with Gasteiger partial charge in [-0.1, -0.05) is 48.5 Å². The molecular weight excluding hydrogens is 404 g/mol. The molecule has 2 aromatic carbocycles. The highest BCUT2D eigenvalue weighted by Gasteiger charge is 2.27. The van der Waals surface area contributed by atoms with E-state index in [2.05, 4.69) is 5.32 Å². The first-order valence-corrected chi connectivity index (χ1v) is 10.8. The summed E-state index contributed by atoms with van der Waals surface area (Å²) in [5.41, 5.74) is 4.37. The summed E-state index contributed by atoms with van der Waals surface area (Å²) in [6.45, 7) is 6.65. The molecule has 32 heavy (non-hydrogen) atoms. The normalized spacial score (nSPS) is 10.6. The number of amides is 1. The van der Waals surface area contributed by atoms with E-state index in [4.69, 9.17) is 9.47 Å². The lowest BCUT2D eigenvalue weighted by molar-refractivity contribution is 0.0513. The molecule has 1 amide bonds. The lowest BCUT2D eigenvalue weighted by Gasteiger charge is -2.12. The van der Waals surface area contributed by atoms with E-state index in [1.165, 1.54) is 0 Å². The van der Waals surface area contributed by atoms with Crippen LogP contribution in [0.15, 0.2) is 54.6 Å². The first-order valence-electron chi connectivity index (χ1n) is 10.8. The Hall–Kier alpha value is -3.54. The van der Waals surface area contributed by atoms with E-state index in [0.29, 0.717) is 36.3 Å². The van der Waals surface area contributed by atoms with Crippen LogP contribution in [0, 0.1) is 13.8 Å². The lowest BCUT2D eigenvalue weighted by atomic mass is 10.1. The minimum absolute atomic E-state index is 0.202. The van der Waals surface area contributed by atoms with Gasteiger partial charge in [-0.15, -0.1) is 0 Å². The van der Waals surface area contributed by atoms with E-state index in [1.807, 2.05) is 66.1 Å². The van der Waals surface area contributed by atoms with Crippen LogP contribution in [-0.4, -0.2) is 36.7 Å². The molecule has 1 N–H and O–H groups in total. The number of hydrogen-bond acceptors (Lipinski definition) is 4. The van der Waals surface area contributed by atoms with Crippen LogP contribution in [0.4, 0.5) is 0 Å². The summed E-state index contributed by atoms with van der Waals surface area (Å²) in [7, 11) is 1.64. The molecule has 3 rings (SSSR count). The van der Waals surface area contributed by atoms with Crippen molar-refractivity contribution in [3.63, 3.8) is 0 Å². The summed E-state index contributed by atoms with van der Waals surface area (Å²) in [5.74, 6) is 0.178. The van der Waals surface area contributed by atoms with Gasteiger partial charge in [-0.05, 0) is 49.9 Å². The van der Waals surface area contributed by atoms with Gasteiger partial charge in [0.1, 0.15) is 11.4 Å². The number of nitrogens with zero attached hydrogens (tertiary/aromatic N) is 1. The minimum Gasteiger partial charge on any atom is -0.496 e. The van der Waals surface area contributed by atoms with Gasteiger partial charge in [-0.2, -0.15) is 0 Å². The Kier molecular flexibility index (Phi) is 7.71. The second-order valence-electron chi connectivity index (χ2n) is 7.54. The zero-order valence-corrected chi connectivity index (χ0v) is 19.1. The number of esters is 1. The number of nitrogens with one attached hydrogen (secondary N) is 1. The van der Waals surface area contributed by atoms with Crippen molar-refractivity contribution in [3.05, 3.63) is 88.2 Å². The minimum atomic E-state index is -0.419. The van der Waals surface area contributed by atoms with Gasteiger partial charge in [0.05, 0.1) is 19.3 Å². The third-order valence-electron chi connectivity index (χ3n) is 5.52. The van der Waals surface area contributed by atoms with Gasteiger partial charge < -0.3 is 19.4 Å². The molecule has 6 heteroatoms. The molecule has 0 aliphatic heterocycles. The third-order valence-corrected chi connectivity index (χ3v) is 5.52. The Morgan fingerprint density at radius 2 is 1.69 bits per heavy atom. The molecule has 0 atom stereocenters. The summed E-state index contributed by atoms with van der Waals surface area (Å²) < 4.78 is 12.6. The molecule has 3 aromatic rings. The quantitative estimate of drug-likeness (QED) is 0.510. The number of methoxy groups -OCH3 is 1. The van der Waals surface area contributed by atoms with Crippen LogP contribution in [0.3, 0.4) is 0 Å². The van der Waals surface area contributed by atoms with Crippen molar-refractivity contribution in [1.29, 1.82) is 0 Å². The molecule has 0 bridgehead atoms. The number of aromatic nitrogens is 1. The first-order chi connectivity index (χ1) is 15.5. The van der Waals surface area contributed by atoms with Crippen molar-refractivity contribution in [2.24, 2.45) is 0 Å². The van der Waals surface area contributed by atoms with Crippen LogP contribution >= 0.6 is 0 Å². The second kappa shape index (κ2) is 10.7. The molecule has 0 unspecified atom stereocenters. The van der Waals surface area contributed by atoms with Crippen LogP contribution in [0.2, 0.25) is 0 Å². The number of hydrogen-bond donors (Lipinski definition) is 1. The van der Waals surface area contributed by atoms with Crippen LogP contribution in [0.5, 0.6) is 5.75 Å². The number of carbonyl (C=O) groups excluding carboxylic acids is 2. The Balaban J connectivity index is 1.85. The van der Waals surface area contributed by atoms with Crippen molar-refractivity contribution in [1.82, 2.24) is 9.88 Å². The predicted molar refractivity (Wildman–Crippen MR) is 124 cm³/mol. The third kappa shape index (κ3) is 5.02. The topological polar surface area (TPSA) is 69.6 Å². The molecule has 168 valence electrons. The van der Waals surface area contributed by atoms with Gasteiger partial charge in [0, 0.05) is 18.8 Å². The van der Waals surface area contributed by atoms with E-state index in [-0.39, 0.29) is 12.5 Å². The van der Waals surface area contributed by atoms with Crippen molar-refractivity contribution < 1.29 is 19.1 Å². The molecule has 0 radical (unpaired) electrons. The highest BCUT2D eigenvalue weighted by molar-refractivity contribution is 6.01.